The lowest BCUT2D eigenvalue weighted by atomic mass is 9.72. The predicted octanol–water partition coefficient (Wildman–Crippen LogP) is 3.47. The van der Waals surface area contributed by atoms with Gasteiger partial charge >= 0.3 is 6.09 Å². The van der Waals surface area contributed by atoms with Crippen molar-refractivity contribution in [3.8, 4) is 11.5 Å². The lowest BCUT2D eigenvalue weighted by Crippen LogP contribution is -2.50. The first-order chi connectivity index (χ1) is 16.4. The molecule has 0 saturated carbocycles. The molecule has 2 aromatic carbocycles. The topological polar surface area (TPSA) is 103 Å². The van der Waals surface area contributed by atoms with Crippen molar-refractivity contribution in [2.75, 3.05) is 58.6 Å². The Morgan fingerprint density at radius 3 is 2.32 bits per heavy atom. The SMILES string of the molecule is COC(=O)N1CCC(CN(C)c2nc(N)c3cc(OC)c(OC)cc3n2)(c2ccccc2)CC1. The molecule has 1 saturated heterocycles. The standard InChI is InChI=1S/C25H31N5O4/c1-29(23-27-19-15-21(33-3)20(32-2)14-18(19)22(26)28-23)16-25(17-8-6-5-7-9-17)10-12-30(13-11-25)24(31)34-4/h5-9,14-15H,10-13,16H2,1-4H3,(H2,26,27,28). The second kappa shape index (κ2) is 9.62. The van der Waals surface area contributed by atoms with E-state index < -0.39 is 0 Å². The van der Waals surface area contributed by atoms with Crippen molar-refractivity contribution in [3.63, 3.8) is 0 Å². The number of ether oxygens (including phenoxy) is 3. The zero-order valence-electron chi connectivity index (χ0n) is 20.1. The highest BCUT2D eigenvalue weighted by molar-refractivity contribution is 5.91. The van der Waals surface area contributed by atoms with E-state index in [1.807, 2.05) is 36.2 Å². The molecule has 2 heterocycles. The summed E-state index contributed by atoms with van der Waals surface area (Å²) in [6.07, 6.45) is 1.31. The van der Waals surface area contributed by atoms with Gasteiger partial charge in [-0.15, -0.1) is 0 Å². The van der Waals surface area contributed by atoms with E-state index in [2.05, 4.69) is 17.1 Å². The van der Waals surface area contributed by atoms with Crippen LogP contribution < -0.4 is 20.1 Å². The molecule has 0 aliphatic carbocycles. The number of methoxy groups -OCH3 is 3. The lowest BCUT2D eigenvalue weighted by Gasteiger charge is -2.43. The highest BCUT2D eigenvalue weighted by atomic mass is 16.5. The molecule has 9 nitrogen and oxygen atoms in total. The quantitative estimate of drug-likeness (QED) is 0.590. The van der Waals surface area contributed by atoms with Crippen molar-refractivity contribution in [2.45, 2.75) is 18.3 Å². The maximum Gasteiger partial charge on any atom is 0.409 e. The monoisotopic (exact) mass is 465 g/mol. The van der Waals surface area contributed by atoms with Gasteiger partial charge in [-0.25, -0.2) is 9.78 Å². The third-order valence-electron chi connectivity index (χ3n) is 6.64. The minimum atomic E-state index is -0.287. The number of likely N-dealkylation sites (tertiary alicyclic amines) is 1. The summed E-state index contributed by atoms with van der Waals surface area (Å²) < 4.78 is 15.8. The molecule has 9 heteroatoms. The number of aromatic nitrogens is 2. The van der Waals surface area contributed by atoms with Crippen LogP contribution in [0.3, 0.4) is 0 Å². The summed E-state index contributed by atoms with van der Waals surface area (Å²) in [6, 6.07) is 14.0. The summed E-state index contributed by atoms with van der Waals surface area (Å²) in [4.78, 5) is 25.2. The van der Waals surface area contributed by atoms with E-state index in [1.54, 1.807) is 25.2 Å². The zero-order valence-corrected chi connectivity index (χ0v) is 20.1. The third kappa shape index (κ3) is 4.37. The lowest BCUT2D eigenvalue weighted by molar-refractivity contribution is 0.1000. The number of fused-ring (bicyclic) bond motifs is 1. The summed E-state index contributed by atoms with van der Waals surface area (Å²) >= 11 is 0. The molecule has 3 aromatic rings. The van der Waals surface area contributed by atoms with Crippen LogP contribution >= 0.6 is 0 Å². The van der Waals surface area contributed by atoms with Gasteiger partial charge in [0.1, 0.15) is 5.82 Å². The molecule has 34 heavy (non-hydrogen) atoms. The molecule has 1 aromatic heterocycles. The Morgan fingerprint density at radius 1 is 1.06 bits per heavy atom. The number of benzene rings is 2. The van der Waals surface area contributed by atoms with Crippen LogP contribution in [0, 0.1) is 0 Å². The minimum Gasteiger partial charge on any atom is -0.493 e. The molecule has 1 aliphatic heterocycles. The Balaban J connectivity index is 1.67. The van der Waals surface area contributed by atoms with Crippen molar-refractivity contribution in [1.82, 2.24) is 14.9 Å². The Hall–Kier alpha value is -3.75. The number of piperidine rings is 1. The molecule has 0 atom stereocenters. The number of nitrogen functional groups attached to an aromatic ring is 1. The largest absolute Gasteiger partial charge is 0.493 e. The number of hydrogen-bond acceptors (Lipinski definition) is 8. The van der Waals surface area contributed by atoms with Crippen LogP contribution in [0.4, 0.5) is 16.6 Å². The summed E-state index contributed by atoms with van der Waals surface area (Å²) in [5.74, 6) is 2.06. The maximum absolute atomic E-state index is 12.1. The van der Waals surface area contributed by atoms with Gasteiger partial charge in [-0.2, -0.15) is 4.98 Å². The van der Waals surface area contributed by atoms with Gasteiger partial charge in [-0.05, 0) is 24.5 Å². The molecule has 0 bridgehead atoms. The first-order valence-corrected chi connectivity index (χ1v) is 11.2. The van der Waals surface area contributed by atoms with Crippen LogP contribution in [-0.4, -0.2) is 69.0 Å². The number of nitrogens with zero attached hydrogens (tertiary/aromatic N) is 4. The zero-order chi connectivity index (χ0) is 24.3. The molecule has 0 radical (unpaired) electrons. The molecule has 2 N–H and O–H groups in total. The Kier molecular flexibility index (Phi) is 6.63. The fourth-order valence-corrected chi connectivity index (χ4v) is 4.74. The molecule has 4 rings (SSSR count). The van der Waals surface area contributed by atoms with Crippen LogP contribution in [0.2, 0.25) is 0 Å². The molecule has 0 unspecified atom stereocenters. The normalized spacial score (nSPS) is 15.1. The number of carbonyl (C=O) groups is 1. The first kappa shape index (κ1) is 23.4. The summed E-state index contributed by atoms with van der Waals surface area (Å²) in [7, 11) is 6.56. The summed E-state index contributed by atoms with van der Waals surface area (Å²) in [5.41, 5.74) is 8.06. The van der Waals surface area contributed by atoms with E-state index >= 15 is 0 Å². The van der Waals surface area contributed by atoms with Crippen molar-refractivity contribution >= 4 is 28.8 Å². The summed E-state index contributed by atoms with van der Waals surface area (Å²) in [5, 5.41) is 0.707. The van der Waals surface area contributed by atoms with Crippen molar-refractivity contribution in [2.24, 2.45) is 0 Å². The molecule has 0 spiro atoms. The van der Waals surface area contributed by atoms with Crippen LogP contribution in [0.25, 0.3) is 10.9 Å². The maximum atomic E-state index is 12.1. The van der Waals surface area contributed by atoms with Crippen LogP contribution in [-0.2, 0) is 10.2 Å². The number of anilines is 2. The number of carbonyl (C=O) groups excluding carboxylic acids is 1. The van der Waals surface area contributed by atoms with Crippen molar-refractivity contribution < 1.29 is 19.0 Å². The Bertz CT molecular complexity index is 1160. The molecular weight excluding hydrogens is 434 g/mol. The number of likely N-dealkylation sites (N-methyl/N-ethyl adjacent to an activating group) is 1. The number of amides is 1. The number of rotatable bonds is 6. The van der Waals surface area contributed by atoms with E-state index in [4.69, 9.17) is 24.9 Å². The van der Waals surface area contributed by atoms with Gasteiger partial charge in [0.05, 0.1) is 26.8 Å². The smallest absolute Gasteiger partial charge is 0.409 e. The fraction of sp³-hybridized carbons (Fsp3) is 0.400. The van der Waals surface area contributed by atoms with E-state index in [-0.39, 0.29) is 11.5 Å². The average molecular weight is 466 g/mol. The second-order valence-electron chi connectivity index (χ2n) is 8.59. The molecule has 1 aliphatic rings. The Labute approximate surface area is 199 Å². The van der Waals surface area contributed by atoms with Gasteiger partial charge in [0.15, 0.2) is 11.5 Å². The van der Waals surface area contributed by atoms with Gasteiger partial charge < -0.3 is 29.7 Å². The number of hydrogen-bond donors (Lipinski definition) is 1. The Morgan fingerprint density at radius 2 is 1.71 bits per heavy atom. The second-order valence-corrected chi connectivity index (χ2v) is 8.59. The van der Waals surface area contributed by atoms with Crippen LogP contribution in [0.1, 0.15) is 18.4 Å². The fourth-order valence-electron chi connectivity index (χ4n) is 4.74. The van der Waals surface area contributed by atoms with Crippen LogP contribution in [0.5, 0.6) is 11.5 Å². The number of nitrogens with two attached hydrogens (primary N) is 1. The first-order valence-electron chi connectivity index (χ1n) is 11.2. The van der Waals surface area contributed by atoms with E-state index in [9.17, 15) is 4.79 Å². The molecule has 1 amide bonds. The molecule has 1 fully saturated rings. The highest BCUT2D eigenvalue weighted by Crippen LogP contribution is 2.38. The summed E-state index contributed by atoms with van der Waals surface area (Å²) in [6.45, 7) is 1.91. The predicted molar refractivity (Wildman–Crippen MR) is 132 cm³/mol. The van der Waals surface area contributed by atoms with Gasteiger partial charge in [0.25, 0.3) is 0 Å². The highest BCUT2D eigenvalue weighted by Gasteiger charge is 2.39. The van der Waals surface area contributed by atoms with Gasteiger partial charge in [0.2, 0.25) is 5.95 Å². The van der Waals surface area contributed by atoms with Crippen molar-refractivity contribution in [1.29, 1.82) is 0 Å². The molecule has 180 valence electrons. The van der Waals surface area contributed by atoms with Gasteiger partial charge in [-0.3, -0.25) is 0 Å². The van der Waals surface area contributed by atoms with Gasteiger partial charge in [0, 0.05) is 43.5 Å². The van der Waals surface area contributed by atoms with Gasteiger partial charge in [-0.1, -0.05) is 30.3 Å². The van der Waals surface area contributed by atoms with E-state index in [1.165, 1.54) is 12.7 Å². The third-order valence-corrected chi connectivity index (χ3v) is 6.64. The minimum absolute atomic E-state index is 0.175. The molecular formula is C25H31N5O4. The van der Waals surface area contributed by atoms with Crippen molar-refractivity contribution in [3.05, 3.63) is 48.0 Å². The van der Waals surface area contributed by atoms with Crippen LogP contribution in [0.15, 0.2) is 42.5 Å². The average Bonchev–Trinajstić information content (AvgIpc) is 2.88. The van der Waals surface area contributed by atoms with E-state index in [0.29, 0.717) is 53.8 Å². The van der Waals surface area contributed by atoms with E-state index in [0.717, 1.165) is 12.8 Å².